The number of amides is 1. The number of carbonyl (C=O) groups is 1. The molecule has 0 radical (unpaired) electrons. The lowest BCUT2D eigenvalue weighted by atomic mass is 10.2. The van der Waals surface area contributed by atoms with Crippen molar-refractivity contribution in [3.8, 4) is 0 Å². The predicted octanol–water partition coefficient (Wildman–Crippen LogP) is 1.31. The molecule has 0 rings (SSSR count). The fraction of sp³-hybridized carbons (Fsp3) is 0.909. The molecule has 1 atom stereocenters. The Morgan fingerprint density at radius 1 is 1.25 bits per heavy atom. The molecular formula is C11H23NO3S. The zero-order valence-corrected chi connectivity index (χ0v) is 11.7. The molecular weight excluding hydrogens is 226 g/mol. The van der Waals surface area contributed by atoms with Crippen LogP contribution in [0.4, 0.5) is 0 Å². The Hall–Kier alpha value is -0.580. The van der Waals surface area contributed by atoms with Crippen LogP contribution in [-0.2, 0) is 14.6 Å². The van der Waals surface area contributed by atoms with Crippen LogP contribution >= 0.6 is 0 Å². The third kappa shape index (κ3) is 5.49. The molecule has 0 aliphatic rings. The highest BCUT2D eigenvalue weighted by Crippen LogP contribution is 2.05. The molecule has 0 spiro atoms. The Morgan fingerprint density at radius 2 is 1.75 bits per heavy atom. The fourth-order valence-electron chi connectivity index (χ4n) is 1.38. The molecule has 0 heterocycles. The second kappa shape index (κ2) is 6.23. The summed E-state index contributed by atoms with van der Waals surface area (Å²) >= 11 is 0. The Balaban J connectivity index is 4.45. The molecule has 0 saturated heterocycles. The summed E-state index contributed by atoms with van der Waals surface area (Å²) in [5, 5.41) is 0. The molecule has 0 saturated carbocycles. The minimum atomic E-state index is -3.26. The number of nitrogens with zero attached hydrogens (tertiary/aromatic N) is 1. The summed E-state index contributed by atoms with van der Waals surface area (Å²) in [5.41, 5.74) is 0. The van der Waals surface area contributed by atoms with Gasteiger partial charge in [-0.25, -0.2) is 8.42 Å². The maximum atomic E-state index is 11.7. The van der Waals surface area contributed by atoms with Gasteiger partial charge in [-0.05, 0) is 19.3 Å². The Morgan fingerprint density at radius 3 is 2.12 bits per heavy atom. The molecule has 1 amide bonds. The molecule has 0 aromatic rings. The summed E-state index contributed by atoms with van der Waals surface area (Å²) in [6.45, 7) is 7.55. The largest absolute Gasteiger partial charge is 0.342 e. The molecule has 0 aromatic carbocycles. The first kappa shape index (κ1) is 15.4. The van der Waals surface area contributed by atoms with E-state index in [1.165, 1.54) is 4.90 Å². The fourth-order valence-corrected chi connectivity index (χ4v) is 3.09. The first-order chi connectivity index (χ1) is 7.19. The molecule has 16 heavy (non-hydrogen) atoms. The van der Waals surface area contributed by atoms with E-state index in [1.54, 1.807) is 7.05 Å². The number of hydrogen-bond acceptors (Lipinski definition) is 3. The van der Waals surface area contributed by atoms with E-state index in [9.17, 15) is 13.2 Å². The van der Waals surface area contributed by atoms with E-state index in [4.69, 9.17) is 0 Å². The van der Waals surface area contributed by atoms with Gasteiger partial charge in [-0.2, -0.15) is 0 Å². The first-order valence-corrected chi connectivity index (χ1v) is 7.47. The van der Waals surface area contributed by atoms with Crippen molar-refractivity contribution < 1.29 is 13.2 Å². The third-order valence-corrected chi connectivity index (χ3v) is 4.44. The van der Waals surface area contributed by atoms with E-state index in [-0.39, 0.29) is 29.4 Å². The predicted molar refractivity (Wildman–Crippen MR) is 66.0 cm³/mol. The van der Waals surface area contributed by atoms with Crippen LogP contribution < -0.4 is 0 Å². The van der Waals surface area contributed by atoms with Gasteiger partial charge in [0.25, 0.3) is 0 Å². The summed E-state index contributed by atoms with van der Waals surface area (Å²) in [4.78, 5) is 13.2. The van der Waals surface area contributed by atoms with Crippen molar-refractivity contribution in [3.63, 3.8) is 0 Å². The van der Waals surface area contributed by atoms with E-state index >= 15 is 0 Å². The van der Waals surface area contributed by atoms with Crippen molar-refractivity contribution in [2.24, 2.45) is 5.92 Å². The van der Waals surface area contributed by atoms with Gasteiger partial charge < -0.3 is 4.90 Å². The smallest absolute Gasteiger partial charge is 0.237 e. The summed E-state index contributed by atoms with van der Waals surface area (Å²) < 4.78 is 23.2. The Labute approximate surface area is 98.9 Å². The van der Waals surface area contributed by atoms with Gasteiger partial charge >= 0.3 is 0 Å². The molecule has 0 aliphatic heterocycles. The second-order valence-electron chi connectivity index (χ2n) is 4.71. The van der Waals surface area contributed by atoms with E-state index in [0.29, 0.717) is 0 Å². The zero-order chi connectivity index (χ0) is 12.9. The lowest BCUT2D eigenvalue weighted by Crippen LogP contribution is -2.39. The summed E-state index contributed by atoms with van der Waals surface area (Å²) in [6, 6.07) is 0.0850. The van der Waals surface area contributed by atoms with Crippen molar-refractivity contribution >= 4 is 15.7 Å². The molecule has 0 bridgehead atoms. The standard InChI is InChI=1S/C11H23NO3S/c1-6-10(4)12(5)11(13)8-16(14,15)7-9(2)3/h9-10H,6-8H2,1-5H3. The first-order valence-electron chi connectivity index (χ1n) is 5.65. The molecule has 0 fully saturated rings. The van der Waals surface area contributed by atoms with Crippen LogP contribution in [-0.4, -0.2) is 43.8 Å². The van der Waals surface area contributed by atoms with Crippen LogP contribution in [0.25, 0.3) is 0 Å². The Bertz CT molecular complexity index is 322. The van der Waals surface area contributed by atoms with E-state index in [1.807, 2.05) is 27.7 Å². The van der Waals surface area contributed by atoms with Gasteiger partial charge in [0.05, 0.1) is 5.75 Å². The van der Waals surface area contributed by atoms with E-state index in [2.05, 4.69) is 0 Å². The van der Waals surface area contributed by atoms with Gasteiger partial charge in [-0.15, -0.1) is 0 Å². The van der Waals surface area contributed by atoms with Gasteiger partial charge in [0, 0.05) is 13.1 Å². The normalized spacial score (nSPS) is 13.9. The van der Waals surface area contributed by atoms with E-state index < -0.39 is 9.84 Å². The second-order valence-corrected chi connectivity index (χ2v) is 6.82. The van der Waals surface area contributed by atoms with Crippen LogP contribution in [0.5, 0.6) is 0 Å². The Kier molecular flexibility index (Phi) is 6.00. The lowest BCUT2D eigenvalue weighted by molar-refractivity contribution is -0.128. The quantitative estimate of drug-likeness (QED) is 0.713. The van der Waals surface area contributed by atoms with Crippen molar-refractivity contribution in [2.75, 3.05) is 18.6 Å². The van der Waals surface area contributed by atoms with Crippen LogP contribution in [0.2, 0.25) is 0 Å². The SMILES string of the molecule is CCC(C)N(C)C(=O)CS(=O)(=O)CC(C)C. The van der Waals surface area contributed by atoms with Crippen molar-refractivity contribution in [1.29, 1.82) is 0 Å². The van der Waals surface area contributed by atoms with Gasteiger partial charge in [-0.1, -0.05) is 20.8 Å². The topological polar surface area (TPSA) is 54.5 Å². The van der Waals surface area contributed by atoms with Gasteiger partial charge in [0.1, 0.15) is 5.75 Å². The highest BCUT2D eigenvalue weighted by atomic mass is 32.2. The zero-order valence-electron chi connectivity index (χ0n) is 10.9. The molecule has 0 aliphatic carbocycles. The average Bonchev–Trinajstić information content (AvgIpc) is 2.12. The number of carbonyl (C=O) groups excluding carboxylic acids is 1. The van der Waals surface area contributed by atoms with Crippen molar-refractivity contribution in [3.05, 3.63) is 0 Å². The summed E-state index contributed by atoms with van der Waals surface area (Å²) in [7, 11) is -1.60. The van der Waals surface area contributed by atoms with Crippen LogP contribution in [0, 0.1) is 5.92 Å². The number of sulfone groups is 1. The van der Waals surface area contributed by atoms with Gasteiger partial charge in [0.15, 0.2) is 9.84 Å². The monoisotopic (exact) mass is 249 g/mol. The minimum Gasteiger partial charge on any atom is -0.342 e. The highest BCUT2D eigenvalue weighted by Gasteiger charge is 2.22. The van der Waals surface area contributed by atoms with E-state index in [0.717, 1.165) is 6.42 Å². The molecule has 0 aromatic heterocycles. The molecule has 5 heteroatoms. The lowest BCUT2D eigenvalue weighted by Gasteiger charge is -2.23. The highest BCUT2D eigenvalue weighted by molar-refractivity contribution is 7.92. The maximum absolute atomic E-state index is 11.7. The van der Waals surface area contributed by atoms with Crippen LogP contribution in [0.1, 0.15) is 34.1 Å². The molecule has 4 nitrogen and oxygen atoms in total. The maximum Gasteiger partial charge on any atom is 0.237 e. The van der Waals surface area contributed by atoms with Gasteiger partial charge in [0.2, 0.25) is 5.91 Å². The minimum absolute atomic E-state index is 0.0618. The van der Waals surface area contributed by atoms with Crippen molar-refractivity contribution in [1.82, 2.24) is 4.90 Å². The molecule has 0 N–H and O–H groups in total. The number of rotatable bonds is 6. The number of hydrogen-bond donors (Lipinski definition) is 0. The van der Waals surface area contributed by atoms with Gasteiger partial charge in [-0.3, -0.25) is 4.79 Å². The summed E-state index contributed by atoms with van der Waals surface area (Å²) in [6.07, 6.45) is 0.826. The van der Waals surface area contributed by atoms with Crippen LogP contribution in [0.3, 0.4) is 0 Å². The average molecular weight is 249 g/mol. The molecule has 96 valence electrons. The summed E-state index contributed by atoms with van der Waals surface area (Å²) in [5.74, 6) is -0.541. The molecule has 1 unspecified atom stereocenters. The van der Waals surface area contributed by atoms with Crippen LogP contribution in [0.15, 0.2) is 0 Å². The van der Waals surface area contributed by atoms with Crippen molar-refractivity contribution in [2.45, 2.75) is 40.2 Å². The third-order valence-electron chi connectivity index (χ3n) is 2.58.